The normalized spacial score (nSPS) is 11.4. The molecule has 2 aromatic carbocycles. The Labute approximate surface area is 136 Å². The Balaban J connectivity index is 2.08. The van der Waals surface area contributed by atoms with Crippen molar-refractivity contribution >= 4 is 23.2 Å². The monoisotopic (exact) mass is 322 g/mol. The van der Waals surface area contributed by atoms with E-state index in [0.717, 1.165) is 12.2 Å². The van der Waals surface area contributed by atoms with Crippen LogP contribution in [0.4, 0.5) is 0 Å². The van der Waals surface area contributed by atoms with E-state index in [0.29, 0.717) is 18.4 Å². The number of halogens is 2. The van der Waals surface area contributed by atoms with Gasteiger partial charge in [-0.3, -0.25) is 0 Å². The molecule has 3 heteroatoms. The van der Waals surface area contributed by atoms with E-state index in [-0.39, 0.29) is 5.41 Å². The van der Waals surface area contributed by atoms with Gasteiger partial charge in [-0.15, -0.1) is 23.2 Å². The second-order valence-corrected chi connectivity index (χ2v) is 5.86. The van der Waals surface area contributed by atoms with Crippen LogP contribution < -0.4 is 4.74 Å². The van der Waals surface area contributed by atoms with E-state index >= 15 is 0 Å². The van der Waals surface area contributed by atoms with Crippen molar-refractivity contribution in [3.05, 3.63) is 65.7 Å². The molecule has 0 radical (unpaired) electrons. The predicted octanol–water partition coefficient (Wildman–Crippen LogP) is 5.18. The molecule has 0 heterocycles. The topological polar surface area (TPSA) is 9.23 Å². The quantitative estimate of drug-likeness (QED) is 0.638. The van der Waals surface area contributed by atoms with Crippen molar-refractivity contribution in [1.82, 2.24) is 0 Å². The zero-order valence-electron chi connectivity index (χ0n) is 12.2. The van der Waals surface area contributed by atoms with Gasteiger partial charge in [-0.05, 0) is 31.0 Å². The lowest BCUT2D eigenvalue weighted by molar-refractivity contribution is 0.275. The van der Waals surface area contributed by atoms with Crippen molar-refractivity contribution in [2.24, 2.45) is 0 Å². The fourth-order valence-electron chi connectivity index (χ4n) is 2.32. The summed E-state index contributed by atoms with van der Waals surface area (Å²) in [5.41, 5.74) is 2.16. The van der Waals surface area contributed by atoms with E-state index in [4.69, 9.17) is 27.9 Å². The first-order chi connectivity index (χ1) is 10.2. The molecule has 0 N–H and O–H groups in total. The second kappa shape index (κ2) is 7.72. The molecule has 0 spiro atoms. The third-order valence-corrected chi connectivity index (χ3v) is 4.76. The minimum atomic E-state index is -0.246. The van der Waals surface area contributed by atoms with Gasteiger partial charge >= 0.3 is 0 Å². The summed E-state index contributed by atoms with van der Waals surface area (Å²) >= 11 is 12.5. The standard InChI is InChI=1S/C18H20Cl2O/c1-15-6-5-7-16(12-15)18(13-19,14-20)10-11-21-17-8-3-2-4-9-17/h2-9,12H,10-11,13-14H2,1H3. The number of benzene rings is 2. The molecule has 0 amide bonds. The molecular weight excluding hydrogens is 303 g/mol. The number of hydrogen-bond donors (Lipinski definition) is 0. The molecule has 0 atom stereocenters. The molecule has 0 aliphatic heterocycles. The van der Waals surface area contributed by atoms with Gasteiger partial charge in [-0.25, -0.2) is 0 Å². The van der Waals surface area contributed by atoms with Crippen LogP contribution in [0.25, 0.3) is 0 Å². The van der Waals surface area contributed by atoms with Gasteiger partial charge in [0.25, 0.3) is 0 Å². The first-order valence-corrected chi connectivity index (χ1v) is 8.14. The summed E-state index contributed by atoms with van der Waals surface area (Å²) in [6, 6.07) is 18.2. The van der Waals surface area contributed by atoms with Crippen LogP contribution in [-0.4, -0.2) is 18.4 Å². The molecule has 0 bridgehead atoms. The summed E-state index contributed by atoms with van der Waals surface area (Å²) in [6.07, 6.45) is 0.790. The Morgan fingerprint density at radius 2 is 1.67 bits per heavy atom. The van der Waals surface area contributed by atoms with Gasteiger partial charge in [0.2, 0.25) is 0 Å². The molecular formula is C18H20Cl2O. The highest BCUT2D eigenvalue weighted by molar-refractivity contribution is 6.22. The first kappa shape index (κ1) is 16.2. The van der Waals surface area contributed by atoms with Gasteiger partial charge in [0, 0.05) is 17.2 Å². The van der Waals surface area contributed by atoms with Crippen molar-refractivity contribution in [1.29, 1.82) is 0 Å². The Morgan fingerprint density at radius 1 is 0.952 bits per heavy atom. The minimum Gasteiger partial charge on any atom is -0.494 e. The van der Waals surface area contributed by atoms with E-state index in [2.05, 4.69) is 31.2 Å². The lowest BCUT2D eigenvalue weighted by atomic mass is 9.81. The zero-order chi connectivity index (χ0) is 15.1. The molecule has 0 saturated carbocycles. The maximum absolute atomic E-state index is 6.25. The van der Waals surface area contributed by atoms with E-state index in [1.54, 1.807) is 0 Å². The molecule has 0 aromatic heterocycles. The summed E-state index contributed by atoms with van der Waals surface area (Å²) < 4.78 is 5.80. The van der Waals surface area contributed by atoms with Crippen molar-refractivity contribution in [2.45, 2.75) is 18.8 Å². The predicted molar refractivity (Wildman–Crippen MR) is 90.9 cm³/mol. The minimum absolute atomic E-state index is 0.246. The smallest absolute Gasteiger partial charge is 0.119 e. The lowest BCUT2D eigenvalue weighted by Crippen LogP contribution is -2.32. The number of alkyl halides is 2. The number of ether oxygens (including phenoxy) is 1. The average Bonchev–Trinajstić information content (AvgIpc) is 2.53. The maximum Gasteiger partial charge on any atom is 0.119 e. The van der Waals surface area contributed by atoms with Crippen molar-refractivity contribution in [3.63, 3.8) is 0 Å². The van der Waals surface area contributed by atoms with Crippen LogP contribution in [0.15, 0.2) is 54.6 Å². The van der Waals surface area contributed by atoms with Crippen LogP contribution in [0.5, 0.6) is 5.75 Å². The van der Waals surface area contributed by atoms with E-state index in [1.165, 1.54) is 11.1 Å². The fraction of sp³-hybridized carbons (Fsp3) is 0.333. The van der Waals surface area contributed by atoms with Crippen molar-refractivity contribution in [2.75, 3.05) is 18.4 Å². The summed E-state index contributed by atoms with van der Waals surface area (Å²) in [7, 11) is 0. The van der Waals surface area contributed by atoms with Gasteiger partial charge in [-0.1, -0.05) is 48.0 Å². The summed E-state index contributed by atoms with van der Waals surface area (Å²) in [6.45, 7) is 2.68. The Morgan fingerprint density at radius 3 is 2.29 bits per heavy atom. The van der Waals surface area contributed by atoms with Crippen LogP contribution in [0.1, 0.15) is 17.5 Å². The van der Waals surface area contributed by atoms with Crippen molar-refractivity contribution in [3.8, 4) is 5.75 Å². The van der Waals surface area contributed by atoms with E-state index in [1.807, 2.05) is 30.3 Å². The SMILES string of the molecule is Cc1cccc(C(CCl)(CCl)CCOc2ccccc2)c1. The molecule has 112 valence electrons. The Hall–Kier alpha value is -1.18. The summed E-state index contributed by atoms with van der Waals surface area (Å²) in [5.74, 6) is 1.84. The number of aryl methyl sites for hydroxylation is 1. The van der Waals surface area contributed by atoms with Gasteiger partial charge < -0.3 is 4.74 Å². The highest BCUT2D eigenvalue weighted by Crippen LogP contribution is 2.32. The number of hydrogen-bond acceptors (Lipinski definition) is 1. The number of para-hydroxylation sites is 1. The van der Waals surface area contributed by atoms with Crippen LogP contribution in [0.3, 0.4) is 0 Å². The highest BCUT2D eigenvalue weighted by atomic mass is 35.5. The van der Waals surface area contributed by atoms with Crippen LogP contribution in [0.2, 0.25) is 0 Å². The van der Waals surface area contributed by atoms with Crippen LogP contribution in [0, 0.1) is 6.92 Å². The molecule has 0 aliphatic carbocycles. The zero-order valence-corrected chi connectivity index (χ0v) is 13.7. The van der Waals surface area contributed by atoms with Crippen LogP contribution >= 0.6 is 23.2 Å². The molecule has 1 nitrogen and oxygen atoms in total. The first-order valence-electron chi connectivity index (χ1n) is 7.07. The number of rotatable bonds is 7. The average molecular weight is 323 g/mol. The molecule has 0 aliphatic rings. The maximum atomic E-state index is 6.25. The summed E-state index contributed by atoms with van der Waals surface area (Å²) in [4.78, 5) is 0. The van der Waals surface area contributed by atoms with Gasteiger partial charge in [0.05, 0.1) is 6.61 Å². The molecule has 0 unspecified atom stereocenters. The second-order valence-electron chi connectivity index (χ2n) is 5.33. The third-order valence-electron chi connectivity index (χ3n) is 3.73. The van der Waals surface area contributed by atoms with Gasteiger partial charge in [0.1, 0.15) is 5.75 Å². The van der Waals surface area contributed by atoms with Gasteiger partial charge in [-0.2, -0.15) is 0 Å². The fourth-order valence-corrected chi connectivity index (χ4v) is 3.19. The molecule has 0 saturated heterocycles. The highest BCUT2D eigenvalue weighted by Gasteiger charge is 2.30. The Kier molecular flexibility index (Phi) is 5.96. The van der Waals surface area contributed by atoms with E-state index < -0.39 is 0 Å². The van der Waals surface area contributed by atoms with Crippen LogP contribution in [-0.2, 0) is 5.41 Å². The molecule has 2 rings (SSSR count). The third kappa shape index (κ3) is 4.15. The Bertz CT molecular complexity index is 550. The molecule has 2 aromatic rings. The largest absolute Gasteiger partial charge is 0.494 e. The van der Waals surface area contributed by atoms with Gasteiger partial charge in [0.15, 0.2) is 0 Å². The summed E-state index contributed by atoms with van der Waals surface area (Å²) in [5, 5.41) is 0. The van der Waals surface area contributed by atoms with E-state index in [9.17, 15) is 0 Å². The molecule has 0 fully saturated rings. The lowest BCUT2D eigenvalue weighted by Gasteiger charge is -2.30. The van der Waals surface area contributed by atoms with Crippen molar-refractivity contribution < 1.29 is 4.74 Å². The molecule has 21 heavy (non-hydrogen) atoms.